The number of amides is 2. The van der Waals surface area contributed by atoms with E-state index in [0.29, 0.717) is 30.4 Å². The fraction of sp³-hybridized carbons (Fsp3) is 0.440. The van der Waals surface area contributed by atoms with Crippen molar-refractivity contribution >= 4 is 17.5 Å². The van der Waals surface area contributed by atoms with Crippen molar-refractivity contribution in [3.05, 3.63) is 59.7 Å². The number of fused-ring (bicyclic) bond motifs is 1. The van der Waals surface area contributed by atoms with Gasteiger partial charge in [0.25, 0.3) is 11.8 Å². The lowest BCUT2D eigenvalue weighted by molar-refractivity contribution is -0.121. The van der Waals surface area contributed by atoms with Crippen LogP contribution in [0.1, 0.15) is 48.5 Å². The van der Waals surface area contributed by atoms with Crippen molar-refractivity contribution < 1.29 is 14.3 Å². The summed E-state index contributed by atoms with van der Waals surface area (Å²) >= 11 is 0. The second kappa shape index (κ2) is 9.96. The summed E-state index contributed by atoms with van der Waals surface area (Å²) in [6.45, 7) is 5.60. The topological polar surface area (TPSA) is 61.9 Å². The molecule has 0 saturated carbocycles. The minimum atomic E-state index is -0.0829. The third kappa shape index (κ3) is 5.25. The second-order valence-electron chi connectivity index (χ2n) is 8.43. The Hall–Kier alpha value is -2.86. The average molecular weight is 422 g/mol. The van der Waals surface area contributed by atoms with Gasteiger partial charge in [-0.05, 0) is 62.6 Å². The lowest BCUT2D eigenvalue weighted by atomic mass is 10.0. The molecule has 2 aromatic rings. The van der Waals surface area contributed by atoms with Crippen molar-refractivity contribution in [2.75, 3.05) is 31.1 Å². The first-order valence-corrected chi connectivity index (χ1v) is 11.3. The number of piperidine rings is 1. The van der Waals surface area contributed by atoms with Gasteiger partial charge in [0, 0.05) is 24.7 Å². The molecular weight excluding hydrogens is 390 g/mol. The van der Waals surface area contributed by atoms with E-state index in [1.54, 1.807) is 4.90 Å². The van der Waals surface area contributed by atoms with Gasteiger partial charge in [0.2, 0.25) is 0 Å². The van der Waals surface area contributed by atoms with E-state index >= 15 is 0 Å². The number of nitrogens with zero attached hydrogens (tertiary/aromatic N) is 2. The fourth-order valence-corrected chi connectivity index (χ4v) is 4.40. The molecular formula is C25H31N3O3. The van der Waals surface area contributed by atoms with Crippen LogP contribution in [0.3, 0.4) is 0 Å². The molecule has 2 aromatic carbocycles. The summed E-state index contributed by atoms with van der Waals surface area (Å²) in [7, 11) is 0. The molecule has 2 aliphatic heterocycles. The number of nitrogens with one attached hydrogen (secondary N) is 1. The molecule has 0 bridgehead atoms. The molecule has 1 N–H and O–H groups in total. The summed E-state index contributed by atoms with van der Waals surface area (Å²) in [5.41, 5.74) is 2.30. The predicted octanol–water partition coefficient (Wildman–Crippen LogP) is 3.61. The van der Waals surface area contributed by atoms with Gasteiger partial charge in [-0.25, -0.2) is 0 Å². The van der Waals surface area contributed by atoms with E-state index in [9.17, 15) is 9.59 Å². The molecule has 164 valence electrons. The zero-order valence-electron chi connectivity index (χ0n) is 18.2. The molecule has 1 fully saturated rings. The molecule has 6 nitrogen and oxygen atoms in total. The maximum atomic E-state index is 12.6. The molecule has 6 heteroatoms. The van der Waals surface area contributed by atoms with E-state index in [-0.39, 0.29) is 18.4 Å². The monoisotopic (exact) mass is 421 g/mol. The number of ether oxygens (including phenoxy) is 1. The van der Waals surface area contributed by atoms with Crippen LogP contribution in [0.25, 0.3) is 0 Å². The Labute approximate surface area is 184 Å². The second-order valence-corrected chi connectivity index (χ2v) is 8.43. The lowest BCUT2D eigenvalue weighted by Crippen LogP contribution is -2.39. The van der Waals surface area contributed by atoms with Crippen molar-refractivity contribution in [1.29, 1.82) is 0 Å². The van der Waals surface area contributed by atoms with Crippen LogP contribution < -0.4 is 15.0 Å². The summed E-state index contributed by atoms with van der Waals surface area (Å²) in [5, 5.41) is 3.04. The summed E-state index contributed by atoms with van der Waals surface area (Å²) in [6.07, 6.45) is 4.83. The van der Waals surface area contributed by atoms with Gasteiger partial charge in [0.05, 0.1) is 12.2 Å². The highest BCUT2D eigenvalue weighted by atomic mass is 16.5. The molecule has 2 heterocycles. The van der Waals surface area contributed by atoms with Gasteiger partial charge in [-0.1, -0.05) is 30.7 Å². The molecule has 2 amide bonds. The van der Waals surface area contributed by atoms with Crippen LogP contribution in [0, 0.1) is 0 Å². The quantitative estimate of drug-likeness (QED) is 0.694. The van der Waals surface area contributed by atoms with Gasteiger partial charge in [0.1, 0.15) is 5.75 Å². The number of rotatable bonds is 7. The van der Waals surface area contributed by atoms with Crippen LogP contribution in [0.2, 0.25) is 0 Å². The molecule has 0 radical (unpaired) electrons. The zero-order chi connectivity index (χ0) is 21.6. The number of hydrogen-bond donors (Lipinski definition) is 1. The van der Waals surface area contributed by atoms with Gasteiger partial charge < -0.3 is 19.9 Å². The summed E-state index contributed by atoms with van der Waals surface area (Å²) in [4.78, 5) is 29.3. The minimum absolute atomic E-state index is 0.0345. The highest BCUT2D eigenvalue weighted by molar-refractivity contribution is 5.98. The van der Waals surface area contributed by atoms with E-state index in [4.69, 9.17) is 4.74 Å². The van der Waals surface area contributed by atoms with Crippen LogP contribution >= 0.6 is 0 Å². The van der Waals surface area contributed by atoms with Crippen molar-refractivity contribution in [3.63, 3.8) is 0 Å². The van der Waals surface area contributed by atoms with Gasteiger partial charge in [-0.15, -0.1) is 0 Å². The highest BCUT2D eigenvalue weighted by Crippen LogP contribution is 2.32. The van der Waals surface area contributed by atoms with Gasteiger partial charge in [-0.3, -0.25) is 9.59 Å². The first-order chi connectivity index (χ1) is 15.1. The molecule has 1 atom stereocenters. The van der Waals surface area contributed by atoms with E-state index < -0.39 is 0 Å². The Morgan fingerprint density at radius 3 is 2.90 bits per heavy atom. The van der Waals surface area contributed by atoms with Gasteiger partial charge in [0.15, 0.2) is 6.61 Å². The van der Waals surface area contributed by atoms with E-state index in [1.165, 1.54) is 25.8 Å². The van der Waals surface area contributed by atoms with Crippen LogP contribution in [-0.4, -0.2) is 49.0 Å². The molecule has 0 spiro atoms. The third-order valence-electron chi connectivity index (χ3n) is 6.19. The highest BCUT2D eigenvalue weighted by Gasteiger charge is 2.25. The van der Waals surface area contributed by atoms with Crippen LogP contribution in [0.15, 0.2) is 48.5 Å². The van der Waals surface area contributed by atoms with Crippen molar-refractivity contribution in [2.24, 2.45) is 0 Å². The molecule has 0 aliphatic carbocycles. The zero-order valence-corrected chi connectivity index (χ0v) is 18.2. The van der Waals surface area contributed by atoms with E-state index in [1.807, 2.05) is 48.5 Å². The van der Waals surface area contributed by atoms with Crippen molar-refractivity contribution in [3.8, 4) is 5.75 Å². The predicted molar refractivity (Wildman–Crippen MR) is 121 cm³/mol. The average Bonchev–Trinajstić information content (AvgIpc) is 2.80. The molecule has 4 rings (SSSR count). The van der Waals surface area contributed by atoms with Crippen molar-refractivity contribution in [1.82, 2.24) is 10.2 Å². The maximum Gasteiger partial charge on any atom is 0.265 e. The summed E-state index contributed by atoms with van der Waals surface area (Å²) in [6, 6.07) is 15.7. The Morgan fingerprint density at radius 2 is 2.03 bits per heavy atom. The molecule has 31 heavy (non-hydrogen) atoms. The lowest BCUT2D eigenvalue weighted by Gasteiger charge is -2.33. The van der Waals surface area contributed by atoms with Crippen LogP contribution in [0.4, 0.5) is 5.69 Å². The first-order valence-electron chi connectivity index (χ1n) is 11.3. The molecule has 2 aliphatic rings. The SMILES string of the molecule is C[C@@H]1CCCCN1CCCNC(=O)c1cccc(CN2C(=O)COc3ccccc32)c1. The molecule has 1 saturated heterocycles. The first kappa shape index (κ1) is 21.4. The van der Waals surface area contributed by atoms with E-state index in [0.717, 1.165) is 24.2 Å². The van der Waals surface area contributed by atoms with E-state index in [2.05, 4.69) is 17.1 Å². The van der Waals surface area contributed by atoms with Crippen molar-refractivity contribution in [2.45, 2.75) is 45.2 Å². The third-order valence-corrected chi connectivity index (χ3v) is 6.19. The van der Waals surface area contributed by atoms with Crippen LogP contribution in [0.5, 0.6) is 5.75 Å². The number of carbonyl (C=O) groups excluding carboxylic acids is 2. The number of hydrogen-bond acceptors (Lipinski definition) is 4. The number of likely N-dealkylation sites (tertiary alicyclic amines) is 1. The Kier molecular flexibility index (Phi) is 6.87. The summed E-state index contributed by atoms with van der Waals surface area (Å²) < 4.78 is 5.51. The normalized spacial score (nSPS) is 18.9. The maximum absolute atomic E-state index is 12.6. The minimum Gasteiger partial charge on any atom is -0.482 e. The van der Waals surface area contributed by atoms with Crippen LogP contribution in [-0.2, 0) is 11.3 Å². The largest absolute Gasteiger partial charge is 0.482 e. The number of anilines is 1. The summed E-state index contributed by atoms with van der Waals surface area (Å²) in [5.74, 6) is 0.557. The van der Waals surface area contributed by atoms with Gasteiger partial charge >= 0.3 is 0 Å². The molecule has 0 unspecified atom stereocenters. The Bertz CT molecular complexity index is 930. The number of benzene rings is 2. The Morgan fingerprint density at radius 1 is 1.16 bits per heavy atom. The fourth-order valence-electron chi connectivity index (χ4n) is 4.40. The smallest absolute Gasteiger partial charge is 0.265 e. The Balaban J connectivity index is 1.33. The molecule has 0 aromatic heterocycles. The standard InChI is InChI=1S/C25H31N3O3/c1-19-8-4-5-14-27(19)15-7-13-26-25(30)21-10-6-9-20(16-21)17-28-22-11-2-3-12-23(22)31-18-24(28)29/h2-3,6,9-12,16,19H,4-5,7-8,13-15,17-18H2,1H3,(H,26,30)/t19-/m1/s1. The van der Waals surface area contributed by atoms with Gasteiger partial charge in [-0.2, -0.15) is 0 Å². The number of carbonyl (C=O) groups is 2. The number of para-hydroxylation sites is 2.